The molecule has 2 aliphatic rings. The van der Waals surface area contributed by atoms with Crippen molar-refractivity contribution in [2.45, 2.75) is 25.9 Å². The predicted octanol–water partition coefficient (Wildman–Crippen LogP) is 2.06. The second-order valence-electron chi connectivity index (χ2n) is 6.07. The lowest BCUT2D eigenvalue weighted by Crippen LogP contribution is -2.37. The fraction of sp³-hybridized carbons (Fsp3) is 0.438. The molecule has 2 atom stereocenters. The summed E-state index contributed by atoms with van der Waals surface area (Å²) in [6.07, 6.45) is 1.78. The van der Waals surface area contributed by atoms with Crippen molar-refractivity contribution in [2.24, 2.45) is 0 Å². The molecule has 0 bridgehead atoms. The van der Waals surface area contributed by atoms with Crippen molar-refractivity contribution >= 4 is 32.9 Å². The van der Waals surface area contributed by atoms with Crippen LogP contribution in [-0.2, 0) is 9.84 Å². The van der Waals surface area contributed by atoms with E-state index >= 15 is 0 Å². The number of benzene rings is 1. The number of anilines is 1. The van der Waals surface area contributed by atoms with Gasteiger partial charge in [0.25, 0.3) is 0 Å². The Kier molecular flexibility index (Phi) is 3.77. The summed E-state index contributed by atoms with van der Waals surface area (Å²) in [6, 6.07) is 5.99. The maximum Gasteiger partial charge on any atom is 0.177 e. The highest BCUT2D eigenvalue weighted by Crippen LogP contribution is 2.35. The Hall–Kier alpha value is -1.40. The lowest BCUT2D eigenvalue weighted by Gasteiger charge is -2.25. The molecule has 0 radical (unpaired) electrons. The maximum absolute atomic E-state index is 12.1. The molecule has 2 aliphatic heterocycles. The van der Waals surface area contributed by atoms with Crippen molar-refractivity contribution in [3.63, 3.8) is 0 Å². The highest BCUT2D eigenvalue weighted by Gasteiger charge is 2.51. The normalized spacial score (nSPS) is 26.4. The molecule has 4 nitrogen and oxygen atoms in total. The largest absolute Gasteiger partial charge is 0.339 e. The molecule has 0 aromatic heterocycles. The van der Waals surface area contributed by atoms with E-state index < -0.39 is 9.84 Å². The van der Waals surface area contributed by atoms with Crippen LogP contribution in [0.1, 0.15) is 11.1 Å². The Bertz CT molecular complexity index is 743. The second kappa shape index (κ2) is 5.35. The van der Waals surface area contributed by atoms with E-state index in [9.17, 15) is 8.42 Å². The molecule has 0 aliphatic carbocycles. The summed E-state index contributed by atoms with van der Waals surface area (Å²) < 4.78 is 24.2. The van der Waals surface area contributed by atoms with Crippen molar-refractivity contribution in [2.75, 3.05) is 23.0 Å². The first-order chi connectivity index (χ1) is 10.3. The predicted molar refractivity (Wildman–Crippen MR) is 94.1 cm³/mol. The van der Waals surface area contributed by atoms with Gasteiger partial charge in [-0.05, 0) is 49.3 Å². The number of aryl methyl sites for hydroxylation is 2. The zero-order valence-electron chi connectivity index (χ0n) is 12.8. The van der Waals surface area contributed by atoms with Crippen LogP contribution in [0, 0.1) is 13.8 Å². The van der Waals surface area contributed by atoms with E-state index in [1.807, 2.05) is 15.9 Å². The van der Waals surface area contributed by atoms with Gasteiger partial charge in [0.15, 0.2) is 14.9 Å². The molecule has 1 aromatic rings. The van der Waals surface area contributed by atoms with Gasteiger partial charge in [0.1, 0.15) is 0 Å². The Morgan fingerprint density at radius 1 is 1.27 bits per heavy atom. The van der Waals surface area contributed by atoms with E-state index in [-0.39, 0.29) is 23.6 Å². The summed E-state index contributed by atoms with van der Waals surface area (Å²) in [5.41, 5.74) is 3.37. The van der Waals surface area contributed by atoms with Crippen molar-refractivity contribution in [3.8, 4) is 0 Å². The average molecular weight is 336 g/mol. The van der Waals surface area contributed by atoms with Gasteiger partial charge in [0.05, 0.1) is 23.6 Å². The molecule has 2 fully saturated rings. The smallest absolute Gasteiger partial charge is 0.177 e. The van der Waals surface area contributed by atoms with Gasteiger partial charge in [-0.25, -0.2) is 8.42 Å². The zero-order valence-corrected chi connectivity index (χ0v) is 14.5. The Balaban J connectivity index is 2.04. The Labute approximate surface area is 137 Å². The van der Waals surface area contributed by atoms with Gasteiger partial charge >= 0.3 is 0 Å². The van der Waals surface area contributed by atoms with E-state index in [0.29, 0.717) is 11.7 Å². The zero-order chi connectivity index (χ0) is 16.1. The van der Waals surface area contributed by atoms with Crippen LogP contribution in [0.2, 0.25) is 0 Å². The van der Waals surface area contributed by atoms with Gasteiger partial charge in [-0.1, -0.05) is 12.1 Å². The van der Waals surface area contributed by atoms with E-state index in [2.05, 4.69) is 32.6 Å². The fourth-order valence-electron chi connectivity index (χ4n) is 3.31. The van der Waals surface area contributed by atoms with E-state index in [0.717, 1.165) is 5.69 Å². The number of nitrogens with zero attached hydrogens (tertiary/aromatic N) is 2. The second-order valence-corrected chi connectivity index (χ2v) is 8.59. The molecule has 1 aromatic carbocycles. The molecule has 0 unspecified atom stereocenters. The molecular formula is C16H20N2O2S2. The highest BCUT2D eigenvalue weighted by molar-refractivity contribution is 7.91. The molecule has 6 heteroatoms. The van der Waals surface area contributed by atoms with Gasteiger partial charge in [-0.3, -0.25) is 0 Å². The van der Waals surface area contributed by atoms with Crippen molar-refractivity contribution in [1.82, 2.24) is 4.90 Å². The number of hydrogen-bond donors (Lipinski definition) is 0. The molecule has 0 saturated carbocycles. The van der Waals surface area contributed by atoms with Gasteiger partial charge < -0.3 is 9.80 Å². The number of hydrogen-bond acceptors (Lipinski definition) is 3. The fourth-order valence-corrected chi connectivity index (χ4v) is 5.71. The van der Waals surface area contributed by atoms with Crippen LogP contribution in [0.15, 0.2) is 30.9 Å². The van der Waals surface area contributed by atoms with Crippen LogP contribution in [0.25, 0.3) is 0 Å². The molecule has 118 valence electrons. The monoisotopic (exact) mass is 336 g/mol. The lowest BCUT2D eigenvalue weighted by atomic mass is 10.1. The number of thiocarbonyl (C=S) groups is 1. The lowest BCUT2D eigenvalue weighted by molar-refractivity contribution is 0.389. The third-order valence-electron chi connectivity index (χ3n) is 4.57. The van der Waals surface area contributed by atoms with Crippen LogP contribution >= 0.6 is 12.2 Å². The minimum absolute atomic E-state index is 0.0721. The number of rotatable bonds is 3. The summed E-state index contributed by atoms with van der Waals surface area (Å²) in [5, 5.41) is 0.702. The first kappa shape index (κ1) is 15.5. The topological polar surface area (TPSA) is 40.6 Å². The Morgan fingerprint density at radius 3 is 2.59 bits per heavy atom. The molecule has 3 rings (SSSR count). The number of fused-ring (bicyclic) bond motifs is 1. The van der Waals surface area contributed by atoms with Crippen molar-refractivity contribution in [3.05, 3.63) is 42.0 Å². The van der Waals surface area contributed by atoms with E-state index in [4.69, 9.17) is 12.2 Å². The average Bonchev–Trinajstić information content (AvgIpc) is 2.86. The van der Waals surface area contributed by atoms with Crippen LogP contribution in [0.5, 0.6) is 0 Å². The van der Waals surface area contributed by atoms with Crippen LogP contribution in [-0.4, -0.2) is 48.6 Å². The van der Waals surface area contributed by atoms with Crippen LogP contribution in [0.3, 0.4) is 0 Å². The SMILES string of the molecule is C=CCN1C(=S)N(c2ccc(C)c(C)c2)[C@@H]2CS(=O)(=O)C[C@@H]21. The van der Waals surface area contributed by atoms with Gasteiger partial charge in [0, 0.05) is 12.2 Å². The summed E-state index contributed by atoms with van der Waals surface area (Å²) >= 11 is 5.62. The summed E-state index contributed by atoms with van der Waals surface area (Å²) in [7, 11) is -3.02. The minimum Gasteiger partial charge on any atom is -0.339 e. The molecule has 0 N–H and O–H groups in total. The summed E-state index contributed by atoms with van der Waals surface area (Å²) in [4.78, 5) is 4.01. The summed E-state index contributed by atoms with van der Waals surface area (Å²) in [6.45, 7) is 8.47. The van der Waals surface area contributed by atoms with Crippen molar-refractivity contribution in [1.29, 1.82) is 0 Å². The van der Waals surface area contributed by atoms with E-state index in [1.54, 1.807) is 6.08 Å². The summed E-state index contributed by atoms with van der Waals surface area (Å²) in [5.74, 6) is 0.339. The molecular weight excluding hydrogens is 316 g/mol. The minimum atomic E-state index is -3.02. The first-order valence-electron chi connectivity index (χ1n) is 7.32. The molecule has 0 amide bonds. The maximum atomic E-state index is 12.1. The first-order valence-corrected chi connectivity index (χ1v) is 9.55. The molecule has 2 heterocycles. The molecule has 0 spiro atoms. The molecule has 2 saturated heterocycles. The third kappa shape index (κ3) is 2.44. The van der Waals surface area contributed by atoms with Gasteiger partial charge in [0.2, 0.25) is 0 Å². The third-order valence-corrected chi connectivity index (χ3v) is 6.70. The van der Waals surface area contributed by atoms with E-state index in [1.165, 1.54) is 11.1 Å². The van der Waals surface area contributed by atoms with Crippen LogP contribution in [0.4, 0.5) is 5.69 Å². The quantitative estimate of drug-likeness (QED) is 0.624. The Morgan fingerprint density at radius 2 is 1.95 bits per heavy atom. The van der Waals surface area contributed by atoms with Gasteiger partial charge in [-0.2, -0.15) is 0 Å². The highest BCUT2D eigenvalue weighted by atomic mass is 32.2. The van der Waals surface area contributed by atoms with Gasteiger partial charge in [-0.15, -0.1) is 6.58 Å². The molecule has 22 heavy (non-hydrogen) atoms. The van der Waals surface area contributed by atoms with Crippen molar-refractivity contribution < 1.29 is 8.42 Å². The standard InChI is InChI=1S/C16H20N2O2S2/c1-4-7-17-14-9-22(19,20)10-15(14)18(16(17)21)13-6-5-11(2)12(3)8-13/h4-6,8,14-15H,1,7,9-10H2,2-3H3/t14-,15+/m0/s1. The van der Waals surface area contributed by atoms with Crippen LogP contribution < -0.4 is 4.90 Å². The number of sulfone groups is 1.